The second kappa shape index (κ2) is 7.48. The van der Waals surface area contributed by atoms with Crippen molar-refractivity contribution in [2.24, 2.45) is 10.7 Å². The highest BCUT2D eigenvalue weighted by Gasteiger charge is 2.07. The molecule has 1 amide bonds. The Morgan fingerprint density at radius 3 is 2.95 bits per heavy atom. The van der Waals surface area contributed by atoms with Crippen LogP contribution in [0.1, 0.15) is 12.6 Å². The zero-order valence-corrected chi connectivity index (χ0v) is 13.0. The lowest BCUT2D eigenvalue weighted by atomic mass is 10.2. The Labute approximate surface area is 131 Å². The summed E-state index contributed by atoms with van der Waals surface area (Å²) >= 11 is 1.34. The summed E-state index contributed by atoms with van der Waals surface area (Å²) in [6.45, 7) is 1.84. The first-order valence-electron chi connectivity index (χ1n) is 6.38. The zero-order chi connectivity index (χ0) is 15.9. The summed E-state index contributed by atoms with van der Waals surface area (Å²) in [6, 6.07) is 5.55. The number of aliphatic imine (C=N–C) groups is 1. The van der Waals surface area contributed by atoms with Crippen LogP contribution in [0.5, 0.6) is 0 Å². The first-order valence-corrected chi connectivity index (χ1v) is 7.26. The summed E-state index contributed by atoms with van der Waals surface area (Å²) in [6.07, 6.45) is 0. The van der Waals surface area contributed by atoms with Crippen molar-refractivity contribution in [1.82, 2.24) is 20.8 Å². The van der Waals surface area contributed by atoms with Crippen LogP contribution in [-0.4, -0.2) is 28.9 Å². The molecular formula is C13H16N6O2S. The molecule has 4 N–H and O–H groups in total. The molecule has 0 aliphatic heterocycles. The SMILES string of the molecule is CONC(N)=Nc1nc(-c2cccc(CNC(C)=O)n2)cs1. The van der Waals surface area contributed by atoms with E-state index in [-0.39, 0.29) is 11.9 Å². The average molecular weight is 320 g/mol. The second-order valence-corrected chi connectivity index (χ2v) is 5.08. The van der Waals surface area contributed by atoms with Crippen molar-refractivity contribution in [1.29, 1.82) is 0 Å². The molecule has 0 radical (unpaired) electrons. The van der Waals surface area contributed by atoms with Gasteiger partial charge in [-0.1, -0.05) is 6.07 Å². The number of nitrogens with zero attached hydrogens (tertiary/aromatic N) is 3. The number of rotatable bonds is 5. The van der Waals surface area contributed by atoms with Gasteiger partial charge in [0, 0.05) is 12.3 Å². The Hall–Kier alpha value is -2.52. The third-order valence-corrected chi connectivity index (χ3v) is 3.24. The number of aromatic nitrogens is 2. The van der Waals surface area contributed by atoms with E-state index in [1.54, 1.807) is 0 Å². The van der Waals surface area contributed by atoms with E-state index in [0.717, 1.165) is 5.69 Å². The molecule has 22 heavy (non-hydrogen) atoms. The van der Waals surface area contributed by atoms with Gasteiger partial charge in [-0.2, -0.15) is 4.99 Å². The maximum absolute atomic E-state index is 10.9. The van der Waals surface area contributed by atoms with Crippen LogP contribution >= 0.6 is 11.3 Å². The van der Waals surface area contributed by atoms with Crippen molar-refractivity contribution < 1.29 is 9.63 Å². The van der Waals surface area contributed by atoms with Crippen molar-refractivity contribution in [3.63, 3.8) is 0 Å². The van der Waals surface area contributed by atoms with Gasteiger partial charge in [0.25, 0.3) is 0 Å². The fraction of sp³-hybridized carbons (Fsp3) is 0.231. The first-order chi connectivity index (χ1) is 10.6. The largest absolute Gasteiger partial charge is 0.368 e. The van der Waals surface area contributed by atoms with Crippen LogP contribution < -0.4 is 16.5 Å². The smallest absolute Gasteiger partial charge is 0.220 e. The summed E-state index contributed by atoms with van der Waals surface area (Å²) in [5.74, 6) is 0.0226. The molecule has 0 saturated heterocycles. The Bertz CT molecular complexity index is 685. The van der Waals surface area contributed by atoms with E-state index in [1.165, 1.54) is 25.4 Å². The van der Waals surface area contributed by atoms with Gasteiger partial charge < -0.3 is 11.1 Å². The quantitative estimate of drug-likeness (QED) is 0.429. The summed E-state index contributed by atoms with van der Waals surface area (Å²) in [5.41, 5.74) is 10.2. The minimum absolute atomic E-state index is 0.0985. The normalized spacial score (nSPS) is 11.3. The van der Waals surface area contributed by atoms with Crippen molar-refractivity contribution >= 4 is 28.3 Å². The highest BCUT2D eigenvalue weighted by Crippen LogP contribution is 2.25. The number of hydrogen-bond donors (Lipinski definition) is 3. The number of nitrogens with two attached hydrogens (primary N) is 1. The molecule has 0 unspecified atom stereocenters. The van der Waals surface area contributed by atoms with Gasteiger partial charge >= 0.3 is 0 Å². The van der Waals surface area contributed by atoms with Crippen molar-refractivity contribution in [2.75, 3.05) is 7.11 Å². The van der Waals surface area contributed by atoms with Crippen molar-refractivity contribution in [3.8, 4) is 11.4 Å². The number of hydrogen-bond acceptors (Lipinski definition) is 6. The van der Waals surface area contributed by atoms with Crippen molar-refractivity contribution in [2.45, 2.75) is 13.5 Å². The molecule has 0 saturated carbocycles. The van der Waals surface area contributed by atoms with Gasteiger partial charge in [-0.25, -0.2) is 15.4 Å². The van der Waals surface area contributed by atoms with Crippen LogP contribution in [0.3, 0.4) is 0 Å². The predicted octanol–water partition coefficient (Wildman–Crippen LogP) is 0.938. The molecule has 116 valence electrons. The predicted molar refractivity (Wildman–Crippen MR) is 84.3 cm³/mol. The molecule has 0 bridgehead atoms. The summed E-state index contributed by atoms with van der Waals surface area (Å²) in [7, 11) is 1.44. The number of hydroxylamine groups is 1. The van der Waals surface area contributed by atoms with Crippen LogP contribution in [0.4, 0.5) is 5.13 Å². The molecule has 8 nitrogen and oxygen atoms in total. The fourth-order valence-corrected chi connectivity index (χ4v) is 2.29. The first kappa shape index (κ1) is 15.9. The Morgan fingerprint density at radius 1 is 1.41 bits per heavy atom. The standard InChI is InChI=1S/C13H16N6O2S/c1-8(20)15-6-9-4-3-5-10(16-9)11-7-22-13(17-11)18-12(14)19-21-2/h3-5,7H,6H2,1-2H3,(H,15,20)(H3,14,17,18,19). The molecule has 0 aliphatic rings. The van der Waals surface area contributed by atoms with E-state index in [2.05, 4.69) is 30.6 Å². The Balaban J connectivity index is 2.15. The monoisotopic (exact) mass is 320 g/mol. The average Bonchev–Trinajstić information content (AvgIpc) is 2.94. The van der Waals surface area contributed by atoms with Crippen LogP contribution in [0, 0.1) is 0 Å². The minimum Gasteiger partial charge on any atom is -0.368 e. The highest BCUT2D eigenvalue weighted by atomic mass is 32.1. The number of guanidine groups is 1. The van der Waals surface area contributed by atoms with E-state index in [4.69, 9.17) is 5.73 Å². The molecule has 0 spiro atoms. The van der Waals surface area contributed by atoms with Crippen molar-refractivity contribution in [3.05, 3.63) is 29.3 Å². The molecule has 0 atom stereocenters. The molecule has 0 aromatic carbocycles. The van der Waals surface area contributed by atoms with Gasteiger partial charge in [-0.15, -0.1) is 11.3 Å². The van der Waals surface area contributed by atoms with E-state index < -0.39 is 0 Å². The summed E-state index contributed by atoms with van der Waals surface area (Å²) < 4.78 is 0. The molecule has 2 aromatic rings. The second-order valence-electron chi connectivity index (χ2n) is 4.24. The topological polar surface area (TPSA) is 115 Å². The summed E-state index contributed by atoms with van der Waals surface area (Å²) in [5, 5.41) is 5.03. The molecule has 2 heterocycles. The van der Waals surface area contributed by atoms with Crippen LogP contribution in [0.25, 0.3) is 11.4 Å². The van der Waals surface area contributed by atoms with E-state index >= 15 is 0 Å². The Morgan fingerprint density at radius 2 is 2.23 bits per heavy atom. The maximum Gasteiger partial charge on any atom is 0.220 e. The maximum atomic E-state index is 10.9. The fourth-order valence-electron chi connectivity index (χ4n) is 1.60. The number of carbonyl (C=O) groups is 1. The summed E-state index contributed by atoms with van der Waals surface area (Å²) in [4.78, 5) is 28.4. The van der Waals surface area contributed by atoms with E-state index in [9.17, 15) is 4.79 Å². The molecule has 0 fully saturated rings. The van der Waals surface area contributed by atoms with Crippen LogP contribution in [-0.2, 0) is 16.2 Å². The number of amides is 1. The third kappa shape index (κ3) is 4.50. The number of pyridine rings is 1. The third-order valence-electron chi connectivity index (χ3n) is 2.50. The molecule has 2 rings (SSSR count). The number of nitrogens with one attached hydrogen (secondary N) is 2. The molecule has 2 aromatic heterocycles. The Kier molecular flexibility index (Phi) is 5.39. The van der Waals surface area contributed by atoms with Gasteiger partial charge in [0.1, 0.15) is 5.69 Å². The molecule has 9 heteroatoms. The van der Waals surface area contributed by atoms with Gasteiger partial charge in [-0.05, 0) is 12.1 Å². The van der Waals surface area contributed by atoms with Crippen LogP contribution in [0.15, 0.2) is 28.6 Å². The highest BCUT2D eigenvalue weighted by molar-refractivity contribution is 7.13. The lowest BCUT2D eigenvalue weighted by molar-refractivity contribution is -0.119. The minimum atomic E-state index is -0.0985. The van der Waals surface area contributed by atoms with E-state index in [1.807, 2.05) is 23.6 Å². The van der Waals surface area contributed by atoms with Crippen LogP contribution in [0.2, 0.25) is 0 Å². The van der Waals surface area contributed by atoms with Gasteiger partial charge in [-0.3, -0.25) is 9.63 Å². The molecular weight excluding hydrogens is 304 g/mol. The van der Waals surface area contributed by atoms with E-state index in [0.29, 0.717) is 23.1 Å². The lowest BCUT2D eigenvalue weighted by Crippen LogP contribution is -2.29. The lowest BCUT2D eigenvalue weighted by Gasteiger charge is -2.03. The zero-order valence-electron chi connectivity index (χ0n) is 12.2. The van der Waals surface area contributed by atoms with Gasteiger partial charge in [0.05, 0.1) is 25.0 Å². The number of thiazole rings is 1. The van der Waals surface area contributed by atoms with Gasteiger partial charge in [0.2, 0.25) is 17.0 Å². The number of carbonyl (C=O) groups excluding carboxylic acids is 1. The van der Waals surface area contributed by atoms with Gasteiger partial charge in [0.15, 0.2) is 0 Å². The molecule has 0 aliphatic carbocycles.